The van der Waals surface area contributed by atoms with Gasteiger partial charge in [0.2, 0.25) is 15.9 Å². The summed E-state index contributed by atoms with van der Waals surface area (Å²) in [7, 11) is -2.19. The van der Waals surface area contributed by atoms with Gasteiger partial charge in [0.1, 0.15) is 17.6 Å². The Kier molecular flexibility index (Phi) is 7.01. The molecule has 2 atom stereocenters. The highest BCUT2D eigenvalue weighted by Crippen LogP contribution is 2.24. The van der Waals surface area contributed by atoms with Crippen molar-refractivity contribution in [2.24, 2.45) is 0 Å². The van der Waals surface area contributed by atoms with Crippen LogP contribution in [0.15, 0.2) is 48.5 Å². The van der Waals surface area contributed by atoms with E-state index in [-0.39, 0.29) is 18.2 Å². The van der Waals surface area contributed by atoms with Crippen LogP contribution in [-0.2, 0) is 14.8 Å². The lowest BCUT2D eigenvalue weighted by molar-refractivity contribution is -0.122. The SMILES string of the molecule is CC[C@H](C(=O)N[C@H](C)c1ccc(OC)cc1)N(c1ccc(F)cc1)S(C)(=O)=O. The molecular formula is C20H25FN2O4S. The second-order valence-electron chi connectivity index (χ2n) is 6.46. The van der Waals surface area contributed by atoms with Crippen LogP contribution < -0.4 is 14.4 Å². The van der Waals surface area contributed by atoms with Gasteiger partial charge in [0, 0.05) is 0 Å². The minimum Gasteiger partial charge on any atom is -0.497 e. The molecule has 0 aliphatic carbocycles. The molecule has 6 nitrogen and oxygen atoms in total. The highest BCUT2D eigenvalue weighted by atomic mass is 32.2. The van der Waals surface area contributed by atoms with E-state index in [1.807, 2.05) is 19.1 Å². The number of sulfonamides is 1. The van der Waals surface area contributed by atoms with E-state index in [4.69, 9.17) is 4.74 Å². The number of amides is 1. The normalized spacial score (nSPS) is 13.5. The van der Waals surface area contributed by atoms with Gasteiger partial charge in [-0.05, 0) is 55.3 Å². The predicted molar refractivity (Wildman–Crippen MR) is 107 cm³/mol. The van der Waals surface area contributed by atoms with Gasteiger partial charge in [0.15, 0.2) is 0 Å². The fraction of sp³-hybridized carbons (Fsp3) is 0.350. The van der Waals surface area contributed by atoms with Crippen molar-refractivity contribution in [2.45, 2.75) is 32.4 Å². The van der Waals surface area contributed by atoms with Crippen LogP contribution >= 0.6 is 0 Å². The van der Waals surface area contributed by atoms with Crippen LogP contribution in [0.1, 0.15) is 31.9 Å². The third kappa shape index (κ3) is 5.22. The topological polar surface area (TPSA) is 75.7 Å². The van der Waals surface area contributed by atoms with Crippen LogP contribution in [0.4, 0.5) is 10.1 Å². The van der Waals surface area contributed by atoms with E-state index in [1.54, 1.807) is 26.2 Å². The lowest BCUT2D eigenvalue weighted by atomic mass is 10.1. The lowest BCUT2D eigenvalue weighted by Gasteiger charge is -2.31. The molecule has 152 valence electrons. The molecule has 0 aliphatic rings. The number of hydrogen-bond acceptors (Lipinski definition) is 4. The van der Waals surface area contributed by atoms with Crippen LogP contribution in [0, 0.1) is 5.82 Å². The maximum absolute atomic E-state index is 13.2. The number of anilines is 1. The third-order valence-electron chi connectivity index (χ3n) is 4.39. The largest absolute Gasteiger partial charge is 0.497 e. The summed E-state index contributed by atoms with van der Waals surface area (Å²) in [6.07, 6.45) is 1.28. The molecule has 2 rings (SSSR count). The Hall–Kier alpha value is -2.61. The van der Waals surface area contributed by atoms with Crippen molar-refractivity contribution in [3.8, 4) is 5.75 Å². The van der Waals surface area contributed by atoms with Gasteiger partial charge >= 0.3 is 0 Å². The fourth-order valence-electron chi connectivity index (χ4n) is 2.93. The molecule has 0 aromatic heterocycles. The van der Waals surface area contributed by atoms with Gasteiger partial charge in [-0.1, -0.05) is 19.1 Å². The summed E-state index contributed by atoms with van der Waals surface area (Å²) in [5, 5.41) is 2.86. The van der Waals surface area contributed by atoms with E-state index in [0.29, 0.717) is 5.75 Å². The zero-order valence-corrected chi connectivity index (χ0v) is 17.2. The zero-order valence-electron chi connectivity index (χ0n) is 16.3. The predicted octanol–water partition coefficient (Wildman–Crippen LogP) is 3.26. The number of methoxy groups -OCH3 is 1. The van der Waals surface area contributed by atoms with Crippen molar-refractivity contribution >= 4 is 21.6 Å². The average Bonchev–Trinajstić information content (AvgIpc) is 2.66. The minimum absolute atomic E-state index is 0.239. The summed E-state index contributed by atoms with van der Waals surface area (Å²) < 4.78 is 44.2. The molecule has 0 unspecified atom stereocenters. The second kappa shape index (κ2) is 9.05. The van der Waals surface area contributed by atoms with Crippen molar-refractivity contribution in [1.29, 1.82) is 0 Å². The van der Waals surface area contributed by atoms with Gasteiger partial charge in [-0.3, -0.25) is 9.10 Å². The van der Waals surface area contributed by atoms with Crippen molar-refractivity contribution in [2.75, 3.05) is 17.7 Å². The van der Waals surface area contributed by atoms with Crippen LogP contribution in [0.2, 0.25) is 0 Å². The summed E-state index contributed by atoms with van der Waals surface area (Å²) in [4.78, 5) is 12.9. The van der Waals surface area contributed by atoms with E-state index >= 15 is 0 Å². The Balaban J connectivity index is 2.26. The van der Waals surface area contributed by atoms with Crippen molar-refractivity contribution in [3.05, 3.63) is 59.9 Å². The molecular weight excluding hydrogens is 383 g/mol. The molecule has 1 amide bonds. The number of benzene rings is 2. The summed E-state index contributed by atoms with van der Waals surface area (Å²) in [6.45, 7) is 3.54. The van der Waals surface area contributed by atoms with Gasteiger partial charge in [-0.25, -0.2) is 12.8 Å². The maximum Gasteiger partial charge on any atom is 0.244 e. The summed E-state index contributed by atoms with van der Waals surface area (Å²) >= 11 is 0. The number of nitrogens with zero attached hydrogens (tertiary/aromatic N) is 1. The minimum atomic E-state index is -3.76. The molecule has 2 aromatic rings. The van der Waals surface area contributed by atoms with Gasteiger partial charge in [0.05, 0.1) is 25.1 Å². The fourth-order valence-corrected chi connectivity index (χ4v) is 4.15. The molecule has 8 heteroatoms. The number of halogens is 1. The molecule has 0 spiro atoms. The number of ether oxygens (including phenoxy) is 1. The van der Waals surface area contributed by atoms with Crippen LogP contribution in [0.3, 0.4) is 0 Å². The number of carbonyl (C=O) groups excluding carboxylic acids is 1. The molecule has 2 aromatic carbocycles. The number of carbonyl (C=O) groups is 1. The lowest BCUT2D eigenvalue weighted by Crippen LogP contribution is -2.49. The molecule has 1 N–H and O–H groups in total. The smallest absolute Gasteiger partial charge is 0.244 e. The van der Waals surface area contributed by atoms with Gasteiger partial charge in [0.25, 0.3) is 0 Å². The standard InChI is InChI=1S/C20H25FN2O4S/c1-5-19(23(28(4,25)26)17-10-8-16(21)9-11-17)20(24)22-14(2)15-6-12-18(27-3)13-7-15/h6-14,19H,5H2,1-4H3,(H,22,24)/t14-,19-/m1/s1. The highest BCUT2D eigenvalue weighted by Gasteiger charge is 2.32. The number of hydrogen-bond donors (Lipinski definition) is 1. The first-order valence-electron chi connectivity index (χ1n) is 8.86. The molecule has 28 heavy (non-hydrogen) atoms. The summed E-state index contributed by atoms with van der Waals surface area (Å²) in [6, 6.07) is 11.0. The van der Waals surface area contributed by atoms with E-state index in [2.05, 4.69) is 5.32 Å². The maximum atomic E-state index is 13.2. The van der Waals surface area contributed by atoms with Crippen molar-refractivity contribution in [3.63, 3.8) is 0 Å². The molecule has 0 heterocycles. The van der Waals surface area contributed by atoms with Crippen LogP contribution in [-0.4, -0.2) is 33.7 Å². The van der Waals surface area contributed by atoms with Crippen LogP contribution in [0.5, 0.6) is 5.75 Å². The van der Waals surface area contributed by atoms with E-state index in [9.17, 15) is 17.6 Å². The highest BCUT2D eigenvalue weighted by molar-refractivity contribution is 7.92. The number of nitrogens with one attached hydrogen (secondary N) is 1. The Bertz CT molecular complexity index is 899. The first-order chi connectivity index (χ1) is 13.2. The second-order valence-corrected chi connectivity index (χ2v) is 8.32. The Labute approximate surface area is 165 Å². The molecule has 0 aliphatic heterocycles. The average molecular weight is 408 g/mol. The first-order valence-corrected chi connectivity index (χ1v) is 10.7. The Morgan fingerprint density at radius 1 is 1.14 bits per heavy atom. The van der Waals surface area contributed by atoms with E-state index in [1.165, 1.54) is 12.1 Å². The quantitative estimate of drug-likeness (QED) is 0.728. The Morgan fingerprint density at radius 2 is 1.71 bits per heavy atom. The monoisotopic (exact) mass is 408 g/mol. The van der Waals surface area contributed by atoms with Gasteiger partial charge in [-0.15, -0.1) is 0 Å². The molecule has 0 saturated carbocycles. The third-order valence-corrected chi connectivity index (χ3v) is 5.57. The van der Waals surface area contributed by atoms with E-state index in [0.717, 1.165) is 28.3 Å². The molecule has 0 radical (unpaired) electrons. The van der Waals surface area contributed by atoms with Crippen molar-refractivity contribution < 1.29 is 22.3 Å². The zero-order chi connectivity index (χ0) is 20.9. The molecule has 0 bridgehead atoms. The molecule has 0 saturated heterocycles. The number of rotatable bonds is 8. The first kappa shape index (κ1) is 21.7. The van der Waals surface area contributed by atoms with Gasteiger partial charge in [-0.2, -0.15) is 0 Å². The molecule has 0 fully saturated rings. The van der Waals surface area contributed by atoms with Crippen molar-refractivity contribution in [1.82, 2.24) is 5.32 Å². The van der Waals surface area contributed by atoms with Gasteiger partial charge < -0.3 is 10.1 Å². The van der Waals surface area contributed by atoms with E-state index < -0.39 is 27.8 Å². The summed E-state index contributed by atoms with van der Waals surface area (Å²) in [5.41, 5.74) is 1.10. The summed E-state index contributed by atoms with van der Waals surface area (Å²) in [5.74, 6) is -0.211. The Morgan fingerprint density at radius 3 is 2.18 bits per heavy atom. The van der Waals surface area contributed by atoms with Crippen LogP contribution in [0.25, 0.3) is 0 Å².